The first-order valence-electron chi connectivity index (χ1n) is 11.7. The van der Waals surface area contributed by atoms with Crippen LogP contribution in [0.4, 0.5) is 4.79 Å². The zero-order valence-electron chi connectivity index (χ0n) is 19.5. The zero-order chi connectivity index (χ0) is 23.5. The molecule has 4 heteroatoms. The Kier molecular flexibility index (Phi) is 6.13. The third-order valence-corrected chi connectivity index (χ3v) is 6.50. The Balaban J connectivity index is 1.18. The molecule has 34 heavy (non-hydrogen) atoms. The number of carbonyl (C=O) groups excluding carboxylic acids is 1. The lowest BCUT2D eigenvalue weighted by Gasteiger charge is -2.17. The molecular weight excluding hydrogens is 420 g/mol. The normalized spacial score (nSPS) is 13.1. The van der Waals surface area contributed by atoms with Crippen molar-refractivity contribution in [1.82, 2.24) is 10.3 Å². The van der Waals surface area contributed by atoms with Crippen molar-refractivity contribution in [1.29, 1.82) is 0 Å². The largest absolute Gasteiger partial charge is 0.449 e. The number of rotatable bonds is 6. The zero-order valence-corrected chi connectivity index (χ0v) is 19.5. The summed E-state index contributed by atoms with van der Waals surface area (Å²) in [4.78, 5) is 17.2. The van der Waals surface area contributed by atoms with Crippen molar-refractivity contribution in [2.24, 2.45) is 0 Å². The summed E-state index contributed by atoms with van der Waals surface area (Å²) in [7, 11) is 0. The molecule has 0 unspecified atom stereocenters. The minimum absolute atomic E-state index is 0.0617. The molecule has 3 aromatic carbocycles. The summed E-state index contributed by atoms with van der Waals surface area (Å²) in [6, 6.07) is 29.0. The molecule has 170 valence electrons. The van der Waals surface area contributed by atoms with Crippen molar-refractivity contribution < 1.29 is 9.53 Å². The summed E-state index contributed by atoms with van der Waals surface area (Å²) in [5.41, 5.74) is 9.24. The Morgan fingerprint density at radius 3 is 2.12 bits per heavy atom. The molecule has 1 atom stereocenters. The number of carbonyl (C=O) groups is 1. The maximum Gasteiger partial charge on any atom is 0.407 e. The summed E-state index contributed by atoms with van der Waals surface area (Å²) in [6.07, 6.45) is 2.18. The fourth-order valence-corrected chi connectivity index (χ4v) is 4.81. The second-order valence-corrected chi connectivity index (χ2v) is 8.94. The minimum Gasteiger partial charge on any atom is -0.449 e. The number of aryl methyl sites for hydroxylation is 1. The summed E-state index contributed by atoms with van der Waals surface area (Å²) >= 11 is 0. The quantitative estimate of drug-likeness (QED) is 0.365. The van der Waals surface area contributed by atoms with Gasteiger partial charge in [0.1, 0.15) is 6.61 Å². The molecule has 1 aliphatic carbocycles. The molecule has 0 spiro atoms. The summed E-state index contributed by atoms with van der Waals surface area (Å²) < 4.78 is 5.67. The molecule has 1 N–H and O–H groups in total. The molecule has 1 aliphatic rings. The van der Waals surface area contributed by atoms with Crippen molar-refractivity contribution in [3.8, 4) is 22.4 Å². The number of aromatic nitrogens is 1. The van der Waals surface area contributed by atoms with Gasteiger partial charge in [-0.1, -0.05) is 78.9 Å². The Hall–Kier alpha value is -3.92. The number of nitrogens with one attached hydrogen (secondary N) is 1. The van der Waals surface area contributed by atoms with Crippen LogP contribution < -0.4 is 5.32 Å². The van der Waals surface area contributed by atoms with Crippen LogP contribution >= 0.6 is 0 Å². The van der Waals surface area contributed by atoms with Gasteiger partial charge >= 0.3 is 6.09 Å². The predicted octanol–water partition coefficient (Wildman–Crippen LogP) is 6.53. The average Bonchev–Trinajstić information content (AvgIpc) is 3.17. The van der Waals surface area contributed by atoms with E-state index in [1.165, 1.54) is 27.8 Å². The molecule has 1 heterocycles. The van der Waals surface area contributed by atoms with Crippen molar-refractivity contribution in [3.63, 3.8) is 0 Å². The summed E-state index contributed by atoms with van der Waals surface area (Å²) in [6.45, 7) is 4.39. The van der Waals surface area contributed by atoms with Crippen LogP contribution in [-0.2, 0) is 11.2 Å². The van der Waals surface area contributed by atoms with Gasteiger partial charge in [-0.3, -0.25) is 4.98 Å². The van der Waals surface area contributed by atoms with Crippen LogP contribution in [0.15, 0.2) is 91.1 Å². The second kappa shape index (κ2) is 9.52. The van der Waals surface area contributed by atoms with Crippen molar-refractivity contribution in [3.05, 3.63) is 113 Å². The molecular formula is C30H28N2O2. The molecule has 4 aromatic rings. The van der Waals surface area contributed by atoms with Gasteiger partial charge < -0.3 is 10.1 Å². The van der Waals surface area contributed by atoms with E-state index in [1.54, 1.807) is 0 Å². The fourth-order valence-electron chi connectivity index (χ4n) is 4.81. The average molecular weight is 449 g/mol. The molecule has 0 aliphatic heterocycles. The number of hydrogen-bond donors (Lipinski definition) is 1. The van der Waals surface area contributed by atoms with E-state index in [1.807, 2.05) is 43.5 Å². The highest BCUT2D eigenvalue weighted by Crippen LogP contribution is 2.44. The van der Waals surface area contributed by atoms with Gasteiger partial charge in [0.2, 0.25) is 0 Å². The van der Waals surface area contributed by atoms with E-state index in [2.05, 4.69) is 71.8 Å². The van der Waals surface area contributed by atoms with Crippen molar-refractivity contribution >= 4 is 6.09 Å². The van der Waals surface area contributed by atoms with Crippen LogP contribution in [-0.4, -0.2) is 23.7 Å². The van der Waals surface area contributed by atoms with Gasteiger partial charge in [-0.2, -0.15) is 0 Å². The van der Waals surface area contributed by atoms with Gasteiger partial charge in [-0.25, -0.2) is 4.79 Å². The highest BCUT2D eigenvalue weighted by Gasteiger charge is 2.29. The number of fused-ring (bicyclic) bond motifs is 3. The van der Waals surface area contributed by atoms with Crippen LogP contribution in [0.25, 0.3) is 22.4 Å². The Labute approximate surface area is 200 Å². The van der Waals surface area contributed by atoms with E-state index in [0.29, 0.717) is 13.0 Å². The minimum atomic E-state index is -0.390. The molecule has 0 bridgehead atoms. The molecule has 0 radical (unpaired) electrons. The Morgan fingerprint density at radius 1 is 0.882 bits per heavy atom. The van der Waals surface area contributed by atoms with Crippen molar-refractivity contribution in [2.45, 2.75) is 32.2 Å². The molecule has 4 nitrogen and oxygen atoms in total. The van der Waals surface area contributed by atoms with E-state index < -0.39 is 0 Å². The molecule has 1 aromatic heterocycles. The van der Waals surface area contributed by atoms with E-state index in [-0.39, 0.29) is 18.1 Å². The fraction of sp³-hybridized carbons (Fsp3) is 0.200. The number of hydrogen-bond acceptors (Lipinski definition) is 3. The van der Waals surface area contributed by atoms with Crippen LogP contribution in [0, 0.1) is 6.92 Å². The molecule has 0 fully saturated rings. The first-order chi connectivity index (χ1) is 16.6. The van der Waals surface area contributed by atoms with Crippen LogP contribution in [0.3, 0.4) is 0 Å². The third kappa shape index (κ3) is 4.44. The summed E-state index contributed by atoms with van der Waals surface area (Å²) in [5.74, 6) is 0.0617. The first kappa shape index (κ1) is 21.9. The number of pyridine rings is 1. The van der Waals surface area contributed by atoms with Gasteiger partial charge in [0.15, 0.2) is 0 Å². The number of nitrogens with zero attached hydrogens (tertiary/aromatic N) is 1. The van der Waals surface area contributed by atoms with E-state index in [4.69, 9.17) is 4.74 Å². The number of amides is 1. The molecule has 1 amide bonds. The Morgan fingerprint density at radius 2 is 1.50 bits per heavy atom. The molecule has 0 saturated carbocycles. The number of alkyl carbamates (subject to hydrolysis) is 1. The highest BCUT2D eigenvalue weighted by molar-refractivity contribution is 5.79. The monoisotopic (exact) mass is 448 g/mol. The van der Waals surface area contributed by atoms with E-state index >= 15 is 0 Å². The molecule has 5 rings (SSSR count). The van der Waals surface area contributed by atoms with E-state index in [9.17, 15) is 4.79 Å². The Bertz CT molecular complexity index is 1270. The number of ether oxygens (including phenoxy) is 1. The first-order valence-corrected chi connectivity index (χ1v) is 11.7. The van der Waals surface area contributed by atoms with Gasteiger partial charge in [-0.15, -0.1) is 0 Å². The highest BCUT2D eigenvalue weighted by atomic mass is 16.5. The van der Waals surface area contributed by atoms with Gasteiger partial charge in [0, 0.05) is 23.7 Å². The van der Waals surface area contributed by atoms with Gasteiger partial charge in [0.05, 0.1) is 5.69 Å². The maximum absolute atomic E-state index is 12.6. The predicted molar refractivity (Wildman–Crippen MR) is 136 cm³/mol. The maximum atomic E-state index is 12.6. The third-order valence-electron chi connectivity index (χ3n) is 6.50. The SMILES string of the molecule is Cc1ccccc1-c1ccc(C[C@H](C)NC(=O)OCC2c3ccccc3-c3ccccc32)cn1. The second-order valence-electron chi connectivity index (χ2n) is 8.94. The summed E-state index contributed by atoms with van der Waals surface area (Å²) in [5, 5.41) is 2.97. The van der Waals surface area contributed by atoms with Crippen LogP contribution in [0.5, 0.6) is 0 Å². The lowest BCUT2D eigenvalue weighted by Crippen LogP contribution is -2.35. The smallest absolute Gasteiger partial charge is 0.407 e. The van der Waals surface area contributed by atoms with Crippen molar-refractivity contribution in [2.75, 3.05) is 6.61 Å². The topological polar surface area (TPSA) is 51.2 Å². The van der Waals surface area contributed by atoms with Gasteiger partial charge in [0.25, 0.3) is 0 Å². The van der Waals surface area contributed by atoms with Crippen LogP contribution in [0.2, 0.25) is 0 Å². The number of benzene rings is 3. The van der Waals surface area contributed by atoms with E-state index in [0.717, 1.165) is 16.8 Å². The molecule has 0 saturated heterocycles. The lowest BCUT2D eigenvalue weighted by atomic mass is 9.98. The van der Waals surface area contributed by atoms with Crippen LogP contribution in [0.1, 0.15) is 35.1 Å². The standard InChI is InChI=1S/C30H28N2O2/c1-20-9-3-4-10-23(20)29-16-15-22(18-31-29)17-21(2)32-30(33)34-19-28-26-13-7-5-11-24(26)25-12-6-8-14-27(25)28/h3-16,18,21,28H,17,19H2,1-2H3,(H,32,33)/t21-/m0/s1. The van der Waals surface area contributed by atoms with Gasteiger partial charge in [-0.05, 0) is 59.7 Å². The lowest BCUT2D eigenvalue weighted by molar-refractivity contribution is 0.139.